The molecule has 0 aromatic heterocycles. The van der Waals surface area contributed by atoms with Gasteiger partial charge in [0.05, 0.1) is 15.5 Å². The highest BCUT2D eigenvalue weighted by Gasteiger charge is 2.18. The molecule has 22 heavy (non-hydrogen) atoms. The number of carbonyl (C=O) groups excluding carboxylic acids is 1. The van der Waals surface area contributed by atoms with Crippen LogP contribution >= 0.6 is 23.4 Å². The van der Waals surface area contributed by atoms with Crippen LogP contribution in [-0.2, 0) is 0 Å². The summed E-state index contributed by atoms with van der Waals surface area (Å²) in [6.07, 6.45) is 1.70. The number of hydrogen-bond acceptors (Lipinski definition) is 4. The standard InChI is InChI=1S/C14H10ClFN2O3S/c1-22-13-5-2-8(6-12(13)18(20)21)14(19)17-11-7-9(15)3-4-10(11)16/h2-7H,1H3,(H,17,19). The van der Waals surface area contributed by atoms with Crippen molar-refractivity contribution in [1.29, 1.82) is 0 Å². The van der Waals surface area contributed by atoms with E-state index in [-0.39, 0.29) is 22.0 Å². The molecule has 1 N–H and O–H groups in total. The highest BCUT2D eigenvalue weighted by atomic mass is 35.5. The SMILES string of the molecule is CSc1ccc(C(=O)Nc2cc(Cl)ccc2F)cc1[N+](=O)[O-]. The maximum absolute atomic E-state index is 13.6. The normalized spacial score (nSPS) is 10.3. The summed E-state index contributed by atoms with van der Waals surface area (Å²) in [5.74, 6) is -1.30. The molecular weight excluding hydrogens is 331 g/mol. The van der Waals surface area contributed by atoms with Gasteiger partial charge in [-0.05, 0) is 36.6 Å². The number of amides is 1. The summed E-state index contributed by atoms with van der Waals surface area (Å²) in [6, 6.07) is 7.81. The van der Waals surface area contributed by atoms with Crippen molar-refractivity contribution in [3.05, 3.63) is 62.9 Å². The maximum atomic E-state index is 13.6. The summed E-state index contributed by atoms with van der Waals surface area (Å²) in [7, 11) is 0. The number of benzene rings is 2. The summed E-state index contributed by atoms with van der Waals surface area (Å²) in [4.78, 5) is 23.0. The molecule has 1 amide bonds. The number of carbonyl (C=O) groups is 1. The van der Waals surface area contributed by atoms with Crippen LogP contribution in [0.15, 0.2) is 41.3 Å². The summed E-state index contributed by atoms with van der Waals surface area (Å²) in [5, 5.41) is 13.6. The molecule has 0 aliphatic heterocycles. The van der Waals surface area contributed by atoms with Crippen LogP contribution in [0, 0.1) is 15.9 Å². The predicted molar refractivity (Wildman–Crippen MR) is 84.2 cm³/mol. The fraction of sp³-hybridized carbons (Fsp3) is 0.0714. The Labute approximate surface area is 134 Å². The lowest BCUT2D eigenvalue weighted by atomic mass is 10.2. The predicted octanol–water partition coefficient (Wildman–Crippen LogP) is 4.36. The van der Waals surface area contributed by atoms with E-state index in [0.29, 0.717) is 4.90 Å². The average molecular weight is 341 g/mol. The van der Waals surface area contributed by atoms with Gasteiger partial charge in [-0.1, -0.05) is 11.6 Å². The largest absolute Gasteiger partial charge is 0.319 e. The summed E-state index contributed by atoms with van der Waals surface area (Å²) >= 11 is 6.94. The Bertz CT molecular complexity index is 755. The lowest BCUT2D eigenvalue weighted by molar-refractivity contribution is -0.387. The molecular formula is C14H10ClFN2O3S. The van der Waals surface area contributed by atoms with Crippen molar-refractivity contribution in [3.8, 4) is 0 Å². The van der Waals surface area contributed by atoms with Gasteiger partial charge in [0.25, 0.3) is 11.6 Å². The third-order valence-corrected chi connectivity index (χ3v) is 3.83. The van der Waals surface area contributed by atoms with Crippen LogP contribution in [0.5, 0.6) is 0 Å². The van der Waals surface area contributed by atoms with Gasteiger partial charge < -0.3 is 5.32 Å². The molecule has 0 bridgehead atoms. The number of thioether (sulfide) groups is 1. The number of nitrogens with one attached hydrogen (secondary N) is 1. The first kappa shape index (κ1) is 16.3. The maximum Gasteiger partial charge on any atom is 0.283 e. The fourth-order valence-corrected chi connectivity index (χ4v) is 2.48. The number of anilines is 1. The molecule has 0 atom stereocenters. The van der Waals surface area contributed by atoms with Gasteiger partial charge in [-0.3, -0.25) is 14.9 Å². The minimum Gasteiger partial charge on any atom is -0.319 e. The van der Waals surface area contributed by atoms with E-state index in [2.05, 4.69) is 5.32 Å². The third kappa shape index (κ3) is 3.55. The fourth-order valence-electron chi connectivity index (χ4n) is 1.76. The topological polar surface area (TPSA) is 72.2 Å². The second kappa shape index (κ2) is 6.76. The molecule has 0 fully saturated rings. The van der Waals surface area contributed by atoms with Crippen LogP contribution in [0.2, 0.25) is 5.02 Å². The number of halogens is 2. The van der Waals surface area contributed by atoms with Gasteiger partial charge in [-0.2, -0.15) is 0 Å². The first-order valence-electron chi connectivity index (χ1n) is 6.01. The molecule has 0 saturated carbocycles. The van der Waals surface area contributed by atoms with Crippen LogP contribution in [0.3, 0.4) is 0 Å². The summed E-state index contributed by atoms with van der Waals surface area (Å²) in [6.45, 7) is 0. The molecule has 0 unspecified atom stereocenters. The van der Waals surface area contributed by atoms with Crippen molar-refractivity contribution in [1.82, 2.24) is 0 Å². The zero-order valence-corrected chi connectivity index (χ0v) is 12.9. The zero-order chi connectivity index (χ0) is 16.3. The number of nitro benzene ring substituents is 1. The van der Waals surface area contributed by atoms with Crippen molar-refractivity contribution >= 4 is 40.6 Å². The lowest BCUT2D eigenvalue weighted by Gasteiger charge is -2.08. The van der Waals surface area contributed by atoms with Gasteiger partial charge in [0.2, 0.25) is 0 Å². The Kier molecular flexibility index (Phi) is 4.99. The molecule has 0 heterocycles. The van der Waals surface area contributed by atoms with Gasteiger partial charge in [-0.15, -0.1) is 11.8 Å². The van der Waals surface area contributed by atoms with E-state index in [1.165, 1.54) is 36.0 Å². The molecule has 0 aliphatic carbocycles. The number of nitro groups is 1. The lowest BCUT2D eigenvalue weighted by Crippen LogP contribution is -2.13. The quantitative estimate of drug-likeness (QED) is 0.510. The van der Waals surface area contributed by atoms with Gasteiger partial charge in [-0.25, -0.2) is 4.39 Å². The van der Waals surface area contributed by atoms with E-state index < -0.39 is 16.6 Å². The van der Waals surface area contributed by atoms with Gasteiger partial charge in [0.1, 0.15) is 5.82 Å². The Morgan fingerprint density at radius 1 is 1.32 bits per heavy atom. The van der Waals surface area contributed by atoms with Gasteiger partial charge in [0.15, 0.2) is 0 Å². The molecule has 5 nitrogen and oxygen atoms in total. The molecule has 0 radical (unpaired) electrons. The molecule has 2 aromatic carbocycles. The molecule has 8 heteroatoms. The van der Waals surface area contributed by atoms with E-state index >= 15 is 0 Å². The van der Waals surface area contributed by atoms with E-state index in [1.807, 2.05) is 0 Å². The van der Waals surface area contributed by atoms with Crippen LogP contribution in [0.4, 0.5) is 15.8 Å². The zero-order valence-electron chi connectivity index (χ0n) is 11.3. The summed E-state index contributed by atoms with van der Waals surface area (Å²) in [5.41, 5.74) is -0.204. The van der Waals surface area contributed by atoms with Gasteiger partial charge in [0, 0.05) is 16.7 Å². The van der Waals surface area contributed by atoms with Crippen molar-refractivity contribution in [2.75, 3.05) is 11.6 Å². The first-order valence-corrected chi connectivity index (χ1v) is 7.61. The van der Waals surface area contributed by atoms with E-state index in [9.17, 15) is 19.3 Å². The second-order valence-electron chi connectivity index (χ2n) is 4.22. The number of nitrogens with zero attached hydrogens (tertiary/aromatic N) is 1. The second-order valence-corrected chi connectivity index (χ2v) is 5.51. The van der Waals surface area contributed by atoms with Crippen molar-refractivity contribution in [3.63, 3.8) is 0 Å². The van der Waals surface area contributed by atoms with Crippen LogP contribution < -0.4 is 5.32 Å². The van der Waals surface area contributed by atoms with Crippen LogP contribution in [0.25, 0.3) is 0 Å². The average Bonchev–Trinajstić information content (AvgIpc) is 2.50. The van der Waals surface area contributed by atoms with E-state index in [1.54, 1.807) is 6.26 Å². The van der Waals surface area contributed by atoms with Crippen molar-refractivity contribution in [2.45, 2.75) is 4.90 Å². The minimum atomic E-state index is -0.656. The van der Waals surface area contributed by atoms with Crippen LogP contribution in [-0.4, -0.2) is 17.1 Å². The van der Waals surface area contributed by atoms with E-state index in [4.69, 9.17) is 11.6 Å². The number of rotatable bonds is 4. The van der Waals surface area contributed by atoms with Crippen LogP contribution in [0.1, 0.15) is 10.4 Å². The molecule has 0 saturated heterocycles. The first-order chi connectivity index (χ1) is 10.4. The Balaban J connectivity index is 2.32. The Hall–Kier alpha value is -2.12. The van der Waals surface area contributed by atoms with Gasteiger partial charge >= 0.3 is 0 Å². The highest BCUT2D eigenvalue weighted by molar-refractivity contribution is 7.98. The smallest absolute Gasteiger partial charge is 0.283 e. The highest BCUT2D eigenvalue weighted by Crippen LogP contribution is 2.29. The Morgan fingerprint density at radius 3 is 2.68 bits per heavy atom. The van der Waals surface area contributed by atoms with E-state index in [0.717, 1.165) is 12.1 Å². The molecule has 2 aromatic rings. The van der Waals surface area contributed by atoms with Crippen molar-refractivity contribution in [2.24, 2.45) is 0 Å². The molecule has 2 rings (SSSR count). The third-order valence-electron chi connectivity index (χ3n) is 2.81. The number of hydrogen-bond donors (Lipinski definition) is 1. The van der Waals surface area contributed by atoms with Crippen molar-refractivity contribution < 1.29 is 14.1 Å². The minimum absolute atomic E-state index is 0.0591. The monoisotopic (exact) mass is 340 g/mol. The molecule has 0 aliphatic rings. The summed E-state index contributed by atoms with van der Waals surface area (Å²) < 4.78 is 13.6. The Morgan fingerprint density at radius 2 is 2.05 bits per heavy atom. The molecule has 114 valence electrons. The molecule has 0 spiro atoms.